The van der Waals surface area contributed by atoms with Crippen LogP contribution in [0, 0.1) is 0 Å². The van der Waals surface area contributed by atoms with E-state index in [1.165, 1.54) is 0 Å². The van der Waals surface area contributed by atoms with Crippen LogP contribution >= 0.6 is 0 Å². The molecule has 0 bridgehead atoms. The minimum atomic E-state index is -0.218. The molecular formula is C23H25N3O4. The molecule has 1 fully saturated rings. The molecule has 1 saturated heterocycles. The molecule has 0 saturated carbocycles. The van der Waals surface area contributed by atoms with Gasteiger partial charge in [0, 0.05) is 30.4 Å². The maximum absolute atomic E-state index is 13.0. The zero-order chi connectivity index (χ0) is 20.7. The normalized spacial score (nSPS) is 19.8. The van der Waals surface area contributed by atoms with Gasteiger partial charge in [-0.25, -0.2) is 0 Å². The largest absolute Gasteiger partial charge is 0.486 e. The molecule has 3 aliphatic heterocycles. The van der Waals surface area contributed by atoms with Gasteiger partial charge in [0.05, 0.1) is 11.3 Å². The van der Waals surface area contributed by atoms with Crippen LogP contribution in [-0.4, -0.2) is 49.2 Å². The van der Waals surface area contributed by atoms with Gasteiger partial charge in [-0.2, -0.15) is 0 Å². The van der Waals surface area contributed by atoms with E-state index in [2.05, 4.69) is 17.1 Å². The number of fused-ring (bicyclic) bond motifs is 3. The fraction of sp³-hybridized carbons (Fsp3) is 0.391. The number of carbonyl (C=O) groups is 2. The van der Waals surface area contributed by atoms with Gasteiger partial charge in [-0.3, -0.25) is 9.59 Å². The highest BCUT2D eigenvalue weighted by Crippen LogP contribution is 2.36. The number of anilines is 2. The summed E-state index contributed by atoms with van der Waals surface area (Å²) in [7, 11) is 0. The number of piperidine rings is 1. The van der Waals surface area contributed by atoms with Crippen molar-refractivity contribution < 1.29 is 19.1 Å². The highest BCUT2D eigenvalue weighted by atomic mass is 16.6. The third kappa shape index (κ3) is 3.14. The van der Waals surface area contributed by atoms with E-state index in [0.29, 0.717) is 41.5 Å². The first-order valence-corrected chi connectivity index (χ1v) is 10.6. The Labute approximate surface area is 175 Å². The number of benzene rings is 2. The molecule has 0 aliphatic carbocycles. The van der Waals surface area contributed by atoms with Crippen LogP contribution in [0.4, 0.5) is 11.4 Å². The first-order chi connectivity index (χ1) is 14.7. The second kappa shape index (κ2) is 7.55. The number of nitrogens with one attached hydrogen (secondary N) is 1. The Balaban J connectivity index is 1.42. The molecule has 2 aromatic rings. The number of hydrogen-bond donors (Lipinski definition) is 1. The van der Waals surface area contributed by atoms with Crippen LogP contribution in [0.25, 0.3) is 0 Å². The molecular weight excluding hydrogens is 382 g/mol. The smallest absolute Gasteiger partial charge is 0.257 e. The summed E-state index contributed by atoms with van der Waals surface area (Å²) in [6.07, 6.45) is 3.21. The van der Waals surface area contributed by atoms with E-state index in [1.807, 2.05) is 11.0 Å². The lowest BCUT2D eigenvalue weighted by atomic mass is 9.97. The van der Waals surface area contributed by atoms with Crippen LogP contribution in [0.5, 0.6) is 11.5 Å². The lowest BCUT2D eigenvalue weighted by Crippen LogP contribution is -2.57. The average Bonchev–Trinajstić information content (AvgIpc) is 2.79. The molecule has 1 atom stereocenters. The Hall–Kier alpha value is -3.22. The van der Waals surface area contributed by atoms with Gasteiger partial charge in [0.1, 0.15) is 19.4 Å². The van der Waals surface area contributed by atoms with Crippen LogP contribution in [0.1, 0.15) is 46.9 Å². The predicted molar refractivity (Wildman–Crippen MR) is 114 cm³/mol. The Kier molecular flexibility index (Phi) is 4.73. The Bertz CT molecular complexity index is 1010. The summed E-state index contributed by atoms with van der Waals surface area (Å²) in [5.74, 6) is 1.16. The standard InChI is InChI=1S/C23H25N3O4/c1-2-25-18-13-15(6-8-17(18)23(28)26-10-4-3-5-21(25)26)22(27)24-16-7-9-19-20(14-16)30-12-11-29-19/h6-9,13-14,21H,2-5,10-12H2,1H3,(H,24,27)/t21-/m0/s1. The lowest BCUT2D eigenvalue weighted by molar-refractivity contribution is 0.0582. The maximum Gasteiger partial charge on any atom is 0.257 e. The molecule has 2 aromatic carbocycles. The summed E-state index contributed by atoms with van der Waals surface area (Å²) in [6, 6.07) is 10.7. The van der Waals surface area contributed by atoms with Gasteiger partial charge in [-0.15, -0.1) is 0 Å². The molecule has 2 amide bonds. The number of nitrogens with zero attached hydrogens (tertiary/aromatic N) is 2. The summed E-state index contributed by atoms with van der Waals surface area (Å²) < 4.78 is 11.1. The van der Waals surface area contributed by atoms with Crippen molar-refractivity contribution in [3.63, 3.8) is 0 Å². The Morgan fingerprint density at radius 2 is 1.93 bits per heavy atom. The molecule has 3 heterocycles. The maximum atomic E-state index is 13.0. The van der Waals surface area contributed by atoms with Crippen molar-refractivity contribution in [1.82, 2.24) is 4.90 Å². The van der Waals surface area contributed by atoms with Crippen molar-refractivity contribution in [2.45, 2.75) is 32.4 Å². The van der Waals surface area contributed by atoms with E-state index in [0.717, 1.165) is 38.0 Å². The Morgan fingerprint density at radius 1 is 1.10 bits per heavy atom. The minimum Gasteiger partial charge on any atom is -0.486 e. The summed E-state index contributed by atoms with van der Waals surface area (Å²) >= 11 is 0. The zero-order valence-corrected chi connectivity index (χ0v) is 17.0. The van der Waals surface area contributed by atoms with Gasteiger partial charge < -0.3 is 24.6 Å². The Morgan fingerprint density at radius 3 is 2.77 bits per heavy atom. The molecule has 7 heteroatoms. The monoisotopic (exact) mass is 407 g/mol. The number of amides is 2. The summed E-state index contributed by atoms with van der Waals surface area (Å²) in [5, 5.41) is 2.93. The van der Waals surface area contributed by atoms with Crippen molar-refractivity contribution in [3.05, 3.63) is 47.5 Å². The van der Waals surface area contributed by atoms with Crippen molar-refractivity contribution in [3.8, 4) is 11.5 Å². The third-order valence-electron chi connectivity index (χ3n) is 6.03. The van der Waals surface area contributed by atoms with E-state index in [-0.39, 0.29) is 18.0 Å². The molecule has 0 radical (unpaired) electrons. The SMILES string of the molecule is CCN1c2cc(C(=O)Nc3ccc4c(c3)OCCO4)ccc2C(=O)N2CCCC[C@H]21. The molecule has 0 aromatic heterocycles. The summed E-state index contributed by atoms with van der Waals surface area (Å²) in [4.78, 5) is 30.1. The lowest BCUT2D eigenvalue weighted by Gasteiger charge is -2.47. The van der Waals surface area contributed by atoms with Crippen molar-refractivity contribution in [2.75, 3.05) is 36.5 Å². The first kappa shape index (κ1) is 18.8. The van der Waals surface area contributed by atoms with Crippen LogP contribution in [0.2, 0.25) is 0 Å². The van der Waals surface area contributed by atoms with Crippen LogP contribution in [-0.2, 0) is 0 Å². The second-order valence-corrected chi connectivity index (χ2v) is 7.81. The molecule has 1 N–H and O–H groups in total. The van der Waals surface area contributed by atoms with Crippen LogP contribution in [0.15, 0.2) is 36.4 Å². The molecule has 0 unspecified atom stereocenters. The zero-order valence-electron chi connectivity index (χ0n) is 17.0. The van der Waals surface area contributed by atoms with Gasteiger partial charge in [-0.1, -0.05) is 0 Å². The molecule has 7 nitrogen and oxygen atoms in total. The highest BCUT2D eigenvalue weighted by molar-refractivity contribution is 6.08. The number of carbonyl (C=O) groups excluding carboxylic acids is 2. The van der Waals surface area contributed by atoms with E-state index >= 15 is 0 Å². The quantitative estimate of drug-likeness (QED) is 0.843. The van der Waals surface area contributed by atoms with Gasteiger partial charge in [-0.05, 0) is 56.5 Å². The third-order valence-corrected chi connectivity index (χ3v) is 6.03. The van der Waals surface area contributed by atoms with Crippen molar-refractivity contribution in [2.24, 2.45) is 0 Å². The fourth-order valence-electron chi connectivity index (χ4n) is 4.59. The highest BCUT2D eigenvalue weighted by Gasteiger charge is 2.38. The van der Waals surface area contributed by atoms with Gasteiger partial charge in [0.25, 0.3) is 11.8 Å². The van der Waals surface area contributed by atoms with Crippen molar-refractivity contribution >= 4 is 23.2 Å². The second-order valence-electron chi connectivity index (χ2n) is 7.81. The summed E-state index contributed by atoms with van der Waals surface area (Å²) in [5.41, 5.74) is 2.69. The first-order valence-electron chi connectivity index (χ1n) is 10.6. The molecule has 156 valence electrons. The molecule has 3 aliphatic rings. The van der Waals surface area contributed by atoms with Gasteiger partial charge in [0.15, 0.2) is 11.5 Å². The van der Waals surface area contributed by atoms with E-state index in [4.69, 9.17) is 9.47 Å². The number of hydrogen-bond acceptors (Lipinski definition) is 5. The molecule has 0 spiro atoms. The minimum absolute atomic E-state index is 0.0678. The molecule has 30 heavy (non-hydrogen) atoms. The van der Waals surface area contributed by atoms with E-state index in [9.17, 15) is 9.59 Å². The fourth-order valence-corrected chi connectivity index (χ4v) is 4.59. The molecule has 5 rings (SSSR count). The van der Waals surface area contributed by atoms with Crippen molar-refractivity contribution in [1.29, 1.82) is 0 Å². The van der Waals surface area contributed by atoms with E-state index in [1.54, 1.807) is 30.3 Å². The topological polar surface area (TPSA) is 71.1 Å². The number of ether oxygens (including phenoxy) is 2. The number of rotatable bonds is 3. The van der Waals surface area contributed by atoms with Crippen LogP contribution in [0.3, 0.4) is 0 Å². The summed E-state index contributed by atoms with van der Waals surface area (Å²) in [6.45, 7) is 4.70. The van der Waals surface area contributed by atoms with E-state index < -0.39 is 0 Å². The average molecular weight is 407 g/mol. The van der Waals surface area contributed by atoms with Crippen LogP contribution < -0.4 is 19.7 Å². The van der Waals surface area contributed by atoms with Gasteiger partial charge in [0.2, 0.25) is 0 Å². The predicted octanol–water partition coefficient (Wildman–Crippen LogP) is 3.50. The van der Waals surface area contributed by atoms with Gasteiger partial charge >= 0.3 is 0 Å².